The van der Waals surface area contributed by atoms with E-state index in [0.717, 1.165) is 11.8 Å². The largest absolute Gasteiger partial charge is 0.437 e. The van der Waals surface area contributed by atoms with Gasteiger partial charge in [-0.1, -0.05) is 30.3 Å². The van der Waals surface area contributed by atoms with Gasteiger partial charge in [-0.2, -0.15) is 13.2 Å². The highest BCUT2D eigenvalue weighted by Gasteiger charge is 2.48. The lowest BCUT2D eigenvalue weighted by atomic mass is 9.91. The van der Waals surface area contributed by atoms with E-state index < -0.39 is 36.0 Å². The molecule has 0 radical (unpaired) electrons. The smallest absolute Gasteiger partial charge is 0.434 e. The zero-order valence-corrected chi connectivity index (χ0v) is 20.7. The fourth-order valence-corrected chi connectivity index (χ4v) is 4.84. The van der Waals surface area contributed by atoms with Crippen LogP contribution < -0.4 is 4.90 Å². The van der Waals surface area contributed by atoms with E-state index in [9.17, 15) is 26.7 Å². The molecule has 0 bridgehead atoms. The van der Waals surface area contributed by atoms with Crippen LogP contribution in [0.1, 0.15) is 37.9 Å². The Balaban J connectivity index is 1.37. The second kappa shape index (κ2) is 10.8. The predicted octanol–water partition coefficient (Wildman–Crippen LogP) is 4.83. The Hall–Kier alpha value is -3.02. The summed E-state index contributed by atoms with van der Waals surface area (Å²) < 4.78 is 72.4. The maximum atomic E-state index is 14.2. The van der Waals surface area contributed by atoms with Gasteiger partial charge in [0.1, 0.15) is 5.82 Å². The summed E-state index contributed by atoms with van der Waals surface area (Å²) in [4.78, 5) is 25.6. The van der Waals surface area contributed by atoms with Gasteiger partial charge < -0.3 is 14.5 Å². The van der Waals surface area contributed by atoms with Crippen LogP contribution in [0.25, 0.3) is 0 Å². The van der Waals surface area contributed by atoms with E-state index in [1.54, 1.807) is 18.7 Å². The third-order valence-corrected chi connectivity index (χ3v) is 7.08. The van der Waals surface area contributed by atoms with Crippen molar-refractivity contribution in [2.24, 2.45) is 0 Å². The molecule has 0 spiro atoms. The molecule has 0 N–H and O–H groups in total. The molecule has 2 aromatic rings. The third kappa shape index (κ3) is 6.11. The first-order chi connectivity index (χ1) is 17.5. The molecule has 1 amide bonds. The minimum Gasteiger partial charge on any atom is -0.437 e. The topological polar surface area (TPSA) is 61.8 Å². The Morgan fingerprint density at radius 1 is 1.05 bits per heavy atom. The van der Waals surface area contributed by atoms with Crippen LogP contribution in [-0.4, -0.2) is 76.2 Å². The van der Waals surface area contributed by atoms with Crippen molar-refractivity contribution in [3.05, 3.63) is 54.0 Å². The van der Waals surface area contributed by atoms with Crippen molar-refractivity contribution < 1.29 is 31.5 Å². The van der Waals surface area contributed by atoms with E-state index in [0.29, 0.717) is 25.8 Å². The molecule has 2 atom stereocenters. The second-order valence-corrected chi connectivity index (χ2v) is 9.76. The Kier molecular flexibility index (Phi) is 7.86. The van der Waals surface area contributed by atoms with Gasteiger partial charge in [0.15, 0.2) is 11.3 Å². The minimum atomic E-state index is -4.59. The fraction of sp³-hybridized carbons (Fsp3) is 0.560. The monoisotopic (exact) mass is 527 g/mol. The zero-order valence-electron chi connectivity index (χ0n) is 20.7. The molecule has 3 heterocycles. The van der Waals surface area contributed by atoms with Gasteiger partial charge in [0.05, 0.1) is 12.4 Å². The molecule has 0 unspecified atom stereocenters. The average molecular weight is 528 g/mol. The molecule has 7 nitrogen and oxygen atoms in total. The summed E-state index contributed by atoms with van der Waals surface area (Å²) in [5.41, 5.74) is -1.86. The van der Waals surface area contributed by atoms with Gasteiger partial charge in [0.2, 0.25) is 0 Å². The molecule has 12 heteroatoms. The fourth-order valence-electron chi connectivity index (χ4n) is 4.84. The number of carbonyl (C=O) groups excluding carboxylic acids is 1. The summed E-state index contributed by atoms with van der Waals surface area (Å²) in [5.74, 6) is 0.246. The van der Waals surface area contributed by atoms with Crippen molar-refractivity contribution >= 4 is 11.9 Å². The number of carbonyl (C=O) groups is 1. The lowest BCUT2D eigenvalue weighted by Crippen LogP contribution is -2.60. The molecule has 0 saturated carbocycles. The van der Waals surface area contributed by atoms with Gasteiger partial charge in [-0.25, -0.2) is 23.5 Å². The third-order valence-electron chi connectivity index (χ3n) is 7.08. The SMILES string of the molecule is C[C@@H]1CN(c2cnc(C(F)(F)F)cn2)[C@@H](C)CN1C(=O)OC1(C(F)F)CCN(Cc2ccccc2)CC1. The first-order valence-corrected chi connectivity index (χ1v) is 12.2. The Morgan fingerprint density at radius 3 is 2.30 bits per heavy atom. The predicted molar refractivity (Wildman–Crippen MR) is 126 cm³/mol. The van der Waals surface area contributed by atoms with Crippen molar-refractivity contribution in [1.29, 1.82) is 0 Å². The summed E-state index contributed by atoms with van der Waals surface area (Å²) >= 11 is 0. The normalized spacial score (nSPS) is 22.8. The number of amides is 1. The molecule has 0 aliphatic carbocycles. The number of anilines is 1. The number of halogens is 5. The van der Waals surface area contributed by atoms with Crippen molar-refractivity contribution in [1.82, 2.24) is 19.8 Å². The Bertz CT molecular complexity index is 1050. The number of piperazine rings is 1. The van der Waals surface area contributed by atoms with Crippen LogP contribution in [0.15, 0.2) is 42.7 Å². The quantitative estimate of drug-likeness (QED) is 0.520. The van der Waals surface area contributed by atoms with Crippen LogP contribution in [0.5, 0.6) is 0 Å². The van der Waals surface area contributed by atoms with Crippen LogP contribution in [0.4, 0.5) is 32.6 Å². The van der Waals surface area contributed by atoms with E-state index in [4.69, 9.17) is 4.74 Å². The molecule has 2 fully saturated rings. The molecule has 202 valence electrons. The number of benzene rings is 1. The van der Waals surface area contributed by atoms with Gasteiger partial charge >= 0.3 is 12.3 Å². The molecule has 2 saturated heterocycles. The number of likely N-dealkylation sites (tertiary alicyclic amines) is 1. The number of piperidine rings is 1. The molecular formula is C25H30F5N5O2. The summed E-state index contributed by atoms with van der Waals surface area (Å²) in [6.45, 7) is 5.27. The van der Waals surface area contributed by atoms with Gasteiger partial charge in [-0.3, -0.25) is 4.90 Å². The summed E-state index contributed by atoms with van der Waals surface area (Å²) in [5, 5.41) is 0. The van der Waals surface area contributed by atoms with Crippen molar-refractivity contribution in [3.8, 4) is 0 Å². The zero-order chi connectivity index (χ0) is 26.8. The maximum absolute atomic E-state index is 14.2. The number of alkyl halides is 5. The molecule has 1 aromatic carbocycles. The summed E-state index contributed by atoms with van der Waals surface area (Å²) in [7, 11) is 0. The van der Waals surface area contributed by atoms with Crippen LogP contribution in [0.3, 0.4) is 0 Å². The molecule has 2 aliphatic rings. The maximum Gasteiger partial charge on any atom is 0.434 e. The second-order valence-electron chi connectivity index (χ2n) is 9.76. The summed E-state index contributed by atoms with van der Waals surface area (Å²) in [6.07, 6.45) is -6.46. The van der Waals surface area contributed by atoms with Gasteiger partial charge in [0.25, 0.3) is 6.43 Å². The van der Waals surface area contributed by atoms with Crippen molar-refractivity contribution in [2.45, 2.75) is 63.5 Å². The minimum absolute atomic E-state index is 0.0221. The van der Waals surface area contributed by atoms with Gasteiger partial charge in [-0.15, -0.1) is 0 Å². The van der Waals surface area contributed by atoms with Crippen LogP contribution in [0, 0.1) is 0 Å². The first kappa shape index (κ1) is 27.0. The Morgan fingerprint density at radius 2 is 1.73 bits per heavy atom. The van der Waals surface area contributed by atoms with E-state index in [1.165, 1.54) is 4.90 Å². The van der Waals surface area contributed by atoms with Gasteiger partial charge in [0, 0.05) is 57.6 Å². The van der Waals surface area contributed by atoms with Crippen LogP contribution in [-0.2, 0) is 17.5 Å². The number of hydrogen-bond donors (Lipinski definition) is 0. The number of ether oxygens (including phenoxy) is 1. The molecule has 4 rings (SSSR count). The number of nitrogens with zero attached hydrogens (tertiary/aromatic N) is 5. The standard InChI is InChI=1S/C25H30F5N5O2/c1-17-15-35(18(2)14-34(17)21-13-31-20(12-32-21)25(28,29)30)23(36)37-24(22(26)27)8-10-33(11-9-24)16-19-6-4-3-5-7-19/h3-7,12-13,17-18,22H,8-11,14-16H2,1-2H3/t17-,18+/m0/s1. The van der Waals surface area contributed by atoms with E-state index in [1.807, 2.05) is 30.3 Å². The van der Waals surface area contributed by atoms with Crippen LogP contribution in [0.2, 0.25) is 0 Å². The lowest BCUT2D eigenvalue weighted by molar-refractivity contribution is -0.141. The highest BCUT2D eigenvalue weighted by atomic mass is 19.4. The molecular weight excluding hydrogens is 497 g/mol. The van der Waals surface area contributed by atoms with Gasteiger partial charge in [-0.05, 0) is 19.4 Å². The Labute approximate surface area is 212 Å². The highest BCUT2D eigenvalue weighted by Crippen LogP contribution is 2.35. The highest BCUT2D eigenvalue weighted by molar-refractivity contribution is 5.69. The molecule has 1 aromatic heterocycles. The van der Waals surface area contributed by atoms with E-state index in [2.05, 4.69) is 14.9 Å². The van der Waals surface area contributed by atoms with Crippen molar-refractivity contribution in [3.63, 3.8) is 0 Å². The van der Waals surface area contributed by atoms with Crippen molar-refractivity contribution in [2.75, 3.05) is 31.1 Å². The number of hydrogen-bond acceptors (Lipinski definition) is 6. The number of rotatable bonds is 5. The average Bonchev–Trinajstić information content (AvgIpc) is 2.86. The summed E-state index contributed by atoms with van der Waals surface area (Å²) in [6, 6.07) is 8.94. The molecule has 2 aliphatic heterocycles. The van der Waals surface area contributed by atoms with Crippen LogP contribution >= 0.6 is 0 Å². The van der Waals surface area contributed by atoms with E-state index >= 15 is 0 Å². The first-order valence-electron chi connectivity index (χ1n) is 12.2. The van der Waals surface area contributed by atoms with E-state index in [-0.39, 0.29) is 37.8 Å². The lowest BCUT2D eigenvalue weighted by Gasteiger charge is -2.46. The number of aromatic nitrogens is 2. The molecule has 37 heavy (non-hydrogen) atoms.